The van der Waals surface area contributed by atoms with Crippen molar-refractivity contribution in [2.45, 2.75) is 32.4 Å². The number of hydrogen-bond acceptors (Lipinski definition) is 3. The first-order chi connectivity index (χ1) is 10.4. The molecule has 2 N–H and O–H groups in total. The topological polar surface area (TPSA) is 66.4 Å². The monoisotopic (exact) mass is 345 g/mol. The van der Waals surface area contributed by atoms with Crippen LogP contribution in [0.3, 0.4) is 0 Å². The molecule has 1 aromatic heterocycles. The lowest BCUT2D eigenvalue weighted by molar-refractivity contribution is -0.167. The van der Waals surface area contributed by atoms with Crippen LogP contribution in [-0.2, 0) is 10.2 Å². The molecule has 0 unspecified atom stereocenters. The van der Waals surface area contributed by atoms with E-state index in [1.165, 1.54) is 0 Å². The highest BCUT2D eigenvalue weighted by molar-refractivity contribution is 7.23. The third-order valence-corrected chi connectivity index (χ3v) is 4.32. The molecule has 124 valence electrons. The van der Waals surface area contributed by atoms with Crippen molar-refractivity contribution < 1.29 is 27.9 Å². The molecule has 0 atom stereocenters. The third kappa shape index (κ3) is 3.47. The quantitative estimate of drug-likeness (QED) is 0.848. The molecule has 0 fully saturated rings. The van der Waals surface area contributed by atoms with E-state index in [-0.39, 0.29) is 16.0 Å². The Bertz CT molecular complexity index is 788. The number of benzene rings is 1. The van der Waals surface area contributed by atoms with Crippen LogP contribution in [-0.4, -0.2) is 23.2 Å². The molecule has 23 heavy (non-hydrogen) atoms. The molecule has 4 nitrogen and oxygen atoms in total. The summed E-state index contributed by atoms with van der Waals surface area (Å²) in [4.78, 5) is 22.5. The summed E-state index contributed by atoms with van der Waals surface area (Å²) in [5, 5.41) is 10.9. The van der Waals surface area contributed by atoms with E-state index in [2.05, 4.69) is 0 Å². The molecule has 1 aromatic carbocycles. The molecule has 1 heterocycles. The van der Waals surface area contributed by atoms with E-state index in [0.29, 0.717) is 10.1 Å². The highest BCUT2D eigenvalue weighted by Gasteiger charge is 2.39. The van der Waals surface area contributed by atoms with E-state index >= 15 is 0 Å². The van der Waals surface area contributed by atoms with Crippen LogP contribution < -0.4 is 5.32 Å². The number of fused-ring (bicyclic) bond motifs is 1. The van der Waals surface area contributed by atoms with Crippen LogP contribution >= 0.6 is 11.3 Å². The molecular weight excluding hydrogens is 331 g/mol. The lowest BCUT2D eigenvalue weighted by Crippen LogP contribution is -2.30. The second-order valence-corrected chi connectivity index (χ2v) is 7.08. The fourth-order valence-corrected chi connectivity index (χ4v) is 3.17. The first-order valence-corrected chi connectivity index (χ1v) is 7.41. The predicted molar refractivity (Wildman–Crippen MR) is 82.2 cm³/mol. The Morgan fingerprint density at radius 2 is 1.78 bits per heavy atom. The van der Waals surface area contributed by atoms with Crippen LogP contribution in [0.1, 0.15) is 36.7 Å². The highest BCUT2D eigenvalue weighted by atomic mass is 32.1. The highest BCUT2D eigenvalue weighted by Crippen LogP contribution is 2.38. The average Bonchev–Trinajstić information content (AvgIpc) is 2.73. The van der Waals surface area contributed by atoms with Gasteiger partial charge in [-0.2, -0.15) is 13.2 Å². The van der Waals surface area contributed by atoms with Crippen molar-refractivity contribution in [3.63, 3.8) is 0 Å². The summed E-state index contributed by atoms with van der Waals surface area (Å²) >= 11 is 0.814. The van der Waals surface area contributed by atoms with E-state index in [4.69, 9.17) is 0 Å². The minimum Gasteiger partial charge on any atom is -0.478 e. The van der Waals surface area contributed by atoms with Gasteiger partial charge in [0, 0.05) is 10.1 Å². The van der Waals surface area contributed by atoms with Gasteiger partial charge in [-0.3, -0.25) is 4.79 Å². The summed E-state index contributed by atoms with van der Waals surface area (Å²) in [5.74, 6) is -3.58. The van der Waals surface area contributed by atoms with E-state index in [0.717, 1.165) is 16.9 Å². The number of aromatic carboxylic acids is 1. The van der Waals surface area contributed by atoms with Gasteiger partial charge in [0.05, 0.1) is 0 Å². The molecule has 0 aliphatic heterocycles. The minimum absolute atomic E-state index is 0.197. The molecule has 1 amide bonds. The molecule has 0 saturated carbocycles. The molecule has 2 aromatic rings. The van der Waals surface area contributed by atoms with Gasteiger partial charge in [-0.05, 0) is 17.0 Å². The van der Waals surface area contributed by atoms with Crippen molar-refractivity contribution in [1.82, 2.24) is 0 Å². The smallest absolute Gasteiger partial charge is 0.471 e. The van der Waals surface area contributed by atoms with Crippen LogP contribution in [0.15, 0.2) is 18.2 Å². The van der Waals surface area contributed by atoms with Crippen LogP contribution in [0.4, 0.5) is 18.2 Å². The van der Waals surface area contributed by atoms with E-state index in [9.17, 15) is 27.9 Å². The van der Waals surface area contributed by atoms with Gasteiger partial charge in [0.2, 0.25) is 0 Å². The number of halogens is 3. The standard InChI is InChI=1S/C15H14F3NO3S/c1-14(2,3)7-4-5-8-9(6-7)23-11(10(8)12(20)21)19-13(22)15(16,17)18/h4-6H,1-3H3,(H,19,22)(H,20,21). The molecule has 0 bridgehead atoms. The summed E-state index contributed by atoms with van der Waals surface area (Å²) in [6.45, 7) is 5.89. The summed E-state index contributed by atoms with van der Waals surface area (Å²) in [6.07, 6.45) is -5.08. The summed E-state index contributed by atoms with van der Waals surface area (Å²) in [7, 11) is 0. The van der Waals surface area contributed by atoms with Gasteiger partial charge in [-0.1, -0.05) is 32.9 Å². The summed E-state index contributed by atoms with van der Waals surface area (Å²) in [6, 6.07) is 5.02. The number of hydrogen-bond donors (Lipinski definition) is 2. The third-order valence-electron chi connectivity index (χ3n) is 3.25. The van der Waals surface area contributed by atoms with Gasteiger partial charge < -0.3 is 10.4 Å². The Labute approximate surface area is 133 Å². The first-order valence-electron chi connectivity index (χ1n) is 6.60. The minimum atomic E-state index is -5.08. The maximum Gasteiger partial charge on any atom is 0.471 e. The second kappa shape index (κ2) is 5.52. The van der Waals surface area contributed by atoms with Crippen LogP contribution in [0, 0.1) is 0 Å². The zero-order valence-corrected chi connectivity index (χ0v) is 13.4. The Balaban J connectivity index is 2.59. The van der Waals surface area contributed by atoms with Crippen LogP contribution in [0.25, 0.3) is 10.1 Å². The van der Waals surface area contributed by atoms with E-state index in [1.807, 2.05) is 20.8 Å². The molecule has 2 rings (SSSR count). The average molecular weight is 345 g/mol. The molecule has 0 radical (unpaired) electrons. The van der Waals surface area contributed by atoms with E-state index < -0.39 is 18.1 Å². The van der Waals surface area contributed by atoms with Gasteiger partial charge >= 0.3 is 18.1 Å². The number of alkyl halides is 3. The van der Waals surface area contributed by atoms with Gasteiger partial charge in [0.25, 0.3) is 0 Å². The van der Waals surface area contributed by atoms with Crippen molar-refractivity contribution >= 4 is 38.3 Å². The zero-order chi connectivity index (χ0) is 17.6. The van der Waals surface area contributed by atoms with Crippen LogP contribution in [0.5, 0.6) is 0 Å². The Morgan fingerprint density at radius 1 is 1.17 bits per heavy atom. The number of thiophene rings is 1. The SMILES string of the molecule is CC(C)(C)c1ccc2c(C(=O)O)c(NC(=O)C(F)(F)F)sc2c1. The van der Waals surface area contributed by atoms with Gasteiger partial charge in [-0.15, -0.1) is 11.3 Å². The first kappa shape index (κ1) is 17.3. The molecular formula is C15H14F3NO3S. The van der Waals surface area contributed by atoms with Crippen molar-refractivity contribution in [1.29, 1.82) is 0 Å². The van der Waals surface area contributed by atoms with Crippen molar-refractivity contribution in [2.75, 3.05) is 5.32 Å². The molecule has 0 aliphatic carbocycles. The Kier molecular flexibility index (Phi) is 4.14. The number of anilines is 1. The fraction of sp³-hybridized carbons (Fsp3) is 0.333. The summed E-state index contributed by atoms with van der Waals surface area (Å²) < 4.78 is 37.7. The number of carbonyl (C=O) groups is 2. The largest absolute Gasteiger partial charge is 0.478 e. The van der Waals surface area contributed by atoms with Crippen molar-refractivity contribution in [3.05, 3.63) is 29.3 Å². The van der Waals surface area contributed by atoms with Crippen LogP contribution in [0.2, 0.25) is 0 Å². The van der Waals surface area contributed by atoms with Gasteiger partial charge in [0.15, 0.2) is 0 Å². The zero-order valence-electron chi connectivity index (χ0n) is 12.5. The maximum absolute atomic E-state index is 12.4. The predicted octanol–water partition coefficient (Wildman–Crippen LogP) is 4.40. The number of nitrogens with one attached hydrogen (secondary N) is 1. The number of carbonyl (C=O) groups excluding carboxylic acids is 1. The Morgan fingerprint density at radius 3 is 2.26 bits per heavy atom. The Hall–Kier alpha value is -2.09. The number of carboxylic acids is 1. The normalized spacial score (nSPS) is 12.4. The summed E-state index contributed by atoms with van der Waals surface area (Å²) in [5.41, 5.74) is 0.386. The lowest BCUT2D eigenvalue weighted by Gasteiger charge is -2.18. The fourth-order valence-electron chi connectivity index (χ4n) is 2.04. The number of carboxylic acid groups (broad SMARTS) is 1. The molecule has 0 saturated heterocycles. The molecule has 0 spiro atoms. The lowest BCUT2D eigenvalue weighted by atomic mass is 9.87. The maximum atomic E-state index is 12.4. The molecule has 8 heteroatoms. The number of amides is 1. The number of rotatable bonds is 2. The van der Waals surface area contributed by atoms with Gasteiger partial charge in [-0.25, -0.2) is 4.79 Å². The second-order valence-electron chi connectivity index (χ2n) is 6.02. The van der Waals surface area contributed by atoms with Gasteiger partial charge in [0.1, 0.15) is 10.6 Å². The van der Waals surface area contributed by atoms with E-state index in [1.54, 1.807) is 23.5 Å². The molecule has 0 aliphatic rings. The van der Waals surface area contributed by atoms with Crippen molar-refractivity contribution in [2.24, 2.45) is 0 Å². The van der Waals surface area contributed by atoms with Crippen molar-refractivity contribution in [3.8, 4) is 0 Å².